The molecule has 0 unspecified atom stereocenters. The van der Waals surface area contributed by atoms with E-state index in [-0.39, 0.29) is 18.0 Å². The Labute approximate surface area is 183 Å². The van der Waals surface area contributed by atoms with E-state index in [0.29, 0.717) is 27.0 Å². The third-order valence-corrected chi connectivity index (χ3v) is 6.72. The fraction of sp³-hybridized carbons (Fsp3) is 0.409. The van der Waals surface area contributed by atoms with Crippen molar-refractivity contribution in [2.75, 3.05) is 19.5 Å². The summed E-state index contributed by atoms with van der Waals surface area (Å²) in [7, 11) is 3.07. The maximum atomic E-state index is 14.0. The Balaban J connectivity index is 1.63. The molecule has 0 aliphatic heterocycles. The summed E-state index contributed by atoms with van der Waals surface area (Å²) in [4.78, 5) is 21.9. The summed E-state index contributed by atoms with van der Waals surface area (Å²) in [5.41, 5.74) is 1.33. The van der Waals surface area contributed by atoms with Crippen LogP contribution >= 0.6 is 11.3 Å². The molecule has 3 aromatic rings. The number of halogens is 1. The number of rotatable bonds is 6. The fourth-order valence-corrected chi connectivity index (χ4v) is 4.91. The summed E-state index contributed by atoms with van der Waals surface area (Å²) >= 11 is 1.25. The topological polar surface area (TPSA) is 82.6 Å². The van der Waals surface area contributed by atoms with Crippen molar-refractivity contribution < 1.29 is 23.4 Å². The molecule has 4 rings (SSSR count). The number of nitrogens with one attached hydrogen (secondary N) is 1. The molecule has 0 bridgehead atoms. The second-order valence-corrected chi connectivity index (χ2v) is 8.47. The van der Waals surface area contributed by atoms with Crippen LogP contribution in [0.1, 0.15) is 40.9 Å². The lowest BCUT2D eigenvalue weighted by Gasteiger charge is -2.28. The van der Waals surface area contributed by atoms with Crippen LogP contribution in [0, 0.1) is 12.7 Å². The minimum absolute atomic E-state index is 0.00650. The van der Waals surface area contributed by atoms with E-state index in [2.05, 4.69) is 15.3 Å². The highest BCUT2D eigenvalue weighted by Crippen LogP contribution is 2.37. The lowest BCUT2D eigenvalue weighted by atomic mass is 9.95. The van der Waals surface area contributed by atoms with Gasteiger partial charge in [0.25, 0.3) is 0 Å². The number of anilines is 2. The van der Waals surface area contributed by atoms with Gasteiger partial charge in [-0.05, 0) is 50.3 Å². The third kappa shape index (κ3) is 4.47. The number of ether oxygens (including phenoxy) is 3. The van der Waals surface area contributed by atoms with E-state index in [1.54, 1.807) is 13.2 Å². The normalized spacial score (nSPS) is 18.7. The van der Waals surface area contributed by atoms with Crippen LogP contribution in [-0.2, 0) is 9.47 Å². The maximum Gasteiger partial charge on any atom is 0.348 e. The number of esters is 1. The molecule has 2 heterocycles. The van der Waals surface area contributed by atoms with Crippen molar-refractivity contribution in [1.82, 2.24) is 9.97 Å². The first-order chi connectivity index (χ1) is 15.0. The zero-order chi connectivity index (χ0) is 22.0. The van der Waals surface area contributed by atoms with Gasteiger partial charge in [0, 0.05) is 13.2 Å². The third-order valence-electron chi connectivity index (χ3n) is 5.54. The highest BCUT2D eigenvalue weighted by molar-refractivity contribution is 7.20. The molecule has 0 spiro atoms. The number of methoxy groups -OCH3 is 2. The molecule has 7 nitrogen and oxygen atoms in total. The monoisotopic (exact) mass is 445 g/mol. The fourth-order valence-electron chi connectivity index (χ4n) is 3.84. The SMILES string of the molecule is COC(=O)c1sc2ncnc(Nc3ccc(F)cc3O[C@H]3CC[C@@H](OC)CC3)c2c1C. The molecule has 1 saturated carbocycles. The van der Waals surface area contributed by atoms with Gasteiger partial charge in [0.2, 0.25) is 0 Å². The molecule has 164 valence electrons. The molecule has 9 heteroatoms. The van der Waals surface area contributed by atoms with Crippen molar-refractivity contribution in [2.45, 2.75) is 44.8 Å². The Bertz CT molecular complexity index is 1100. The number of nitrogens with zero attached hydrogens (tertiary/aromatic N) is 2. The van der Waals surface area contributed by atoms with Crippen molar-refractivity contribution in [3.05, 3.63) is 40.8 Å². The molecule has 1 aromatic carbocycles. The van der Waals surface area contributed by atoms with Gasteiger partial charge in [-0.1, -0.05) is 0 Å². The number of hydrogen-bond donors (Lipinski definition) is 1. The summed E-state index contributed by atoms with van der Waals surface area (Å²) in [6, 6.07) is 4.38. The lowest BCUT2D eigenvalue weighted by molar-refractivity contribution is 0.0329. The van der Waals surface area contributed by atoms with Gasteiger partial charge in [-0.2, -0.15) is 0 Å². The van der Waals surface area contributed by atoms with Crippen LogP contribution in [0.3, 0.4) is 0 Å². The average molecular weight is 446 g/mol. The molecule has 0 amide bonds. The minimum Gasteiger partial charge on any atom is -0.488 e. The van der Waals surface area contributed by atoms with Gasteiger partial charge in [-0.25, -0.2) is 19.2 Å². The summed E-state index contributed by atoms with van der Waals surface area (Å²) in [5, 5.41) is 3.98. The van der Waals surface area contributed by atoms with E-state index in [9.17, 15) is 9.18 Å². The zero-order valence-electron chi connectivity index (χ0n) is 17.6. The van der Waals surface area contributed by atoms with Crippen LogP contribution in [-0.4, -0.2) is 42.4 Å². The van der Waals surface area contributed by atoms with Crippen LogP contribution < -0.4 is 10.1 Å². The molecule has 1 aliphatic carbocycles. The molecule has 1 fully saturated rings. The van der Waals surface area contributed by atoms with E-state index in [1.165, 1.54) is 36.9 Å². The van der Waals surface area contributed by atoms with Gasteiger partial charge in [0.1, 0.15) is 33.4 Å². The number of benzene rings is 1. The number of aryl methyl sites for hydroxylation is 1. The number of thiophene rings is 1. The molecule has 31 heavy (non-hydrogen) atoms. The maximum absolute atomic E-state index is 14.0. The van der Waals surface area contributed by atoms with Crippen LogP contribution in [0.5, 0.6) is 5.75 Å². The number of carbonyl (C=O) groups is 1. The highest BCUT2D eigenvalue weighted by Gasteiger charge is 2.24. The zero-order valence-corrected chi connectivity index (χ0v) is 18.4. The van der Waals surface area contributed by atoms with Gasteiger partial charge < -0.3 is 19.5 Å². The first-order valence-corrected chi connectivity index (χ1v) is 10.9. The van der Waals surface area contributed by atoms with E-state index in [0.717, 1.165) is 36.6 Å². The summed E-state index contributed by atoms with van der Waals surface area (Å²) in [6.07, 6.45) is 5.19. The van der Waals surface area contributed by atoms with Crippen molar-refractivity contribution in [1.29, 1.82) is 0 Å². The summed E-state index contributed by atoms with van der Waals surface area (Å²) in [5.74, 6) is 0.157. The quantitative estimate of drug-likeness (QED) is 0.534. The highest BCUT2D eigenvalue weighted by atomic mass is 32.1. The smallest absolute Gasteiger partial charge is 0.348 e. The molecule has 2 aromatic heterocycles. The van der Waals surface area contributed by atoms with E-state index < -0.39 is 5.97 Å². The number of hydrogen-bond acceptors (Lipinski definition) is 8. The van der Waals surface area contributed by atoms with E-state index >= 15 is 0 Å². The van der Waals surface area contributed by atoms with Crippen molar-refractivity contribution >= 4 is 39.0 Å². The summed E-state index contributed by atoms with van der Waals surface area (Å²) < 4.78 is 30.5. The first kappa shape index (κ1) is 21.5. The van der Waals surface area contributed by atoms with Crippen LogP contribution in [0.15, 0.2) is 24.5 Å². The number of fused-ring (bicyclic) bond motifs is 1. The van der Waals surface area contributed by atoms with Crippen molar-refractivity contribution in [3.8, 4) is 5.75 Å². The average Bonchev–Trinajstić information content (AvgIpc) is 3.13. The van der Waals surface area contributed by atoms with Crippen LogP contribution in [0.4, 0.5) is 15.9 Å². The summed E-state index contributed by atoms with van der Waals surface area (Å²) in [6.45, 7) is 1.83. The number of carbonyl (C=O) groups excluding carboxylic acids is 1. The van der Waals surface area contributed by atoms with Crippen LogP contribution in [0.2, 0.25) is 0 Å². The van der Waals surface area contributed by atoms with E-state index in [4.69, 9.17) is 14.2 Å². The Hall–Kier alpha value is -2.78. The predicted molar refractivity (Wildman–Crippen MR) is 117 cm³/mol. The first-order valence-electron chi connectivity index (χ1n) is 10.1. The molecule has 1 N–H and O–H groups in total. The van der Waals surface area contributed by atoms with Crippen LogP contribution in [0.25, 0.3) is 10.2 Å². The van der Waals surface area contributed by atoms with Crippen molar-refractivity contribution in [3.63, 3.8) is 0 Å². The van der Waals surface area contributed by atoms with Gasteiger partial charge in [-0.15, -0.1) is 11.3 Å². The molecule has 1 aliphatic rings. The molecule has 0 saturated heterocycles. The van der Waals surface area contributed by atoms with Gasteiger partial charge >= 0.3 is 5.97 Å². The molecule has 0 atom stereocenters. The van der Waals surface area contributed by atoms with Gasteiger partial charge in [-0.3, -0.25) is 0 Å². The minimum atomic E-state index is -0.413. The predicted octanol–water partition coefficient (Wildman–Crippen LogP) is 5.01. The Morgan fingerprint density at radius 2 is 1.90 bits per heavy atom. The molecular formula is C22H24FN3O4S. The Morgan fingerprint density at radius 1 is 1.16 bits per heavy atom. The largest absolute Gasteiger partial charge is 0.488 e. The molecular weight excluding hydrogens is 421 g/mol. The lowest BCUT2D eigenvalue weighted by Crippen LogP contribution is -2.27. The van der Waals surface area contributed by atoms with E-state index in [1.807, 2.05) is 6.92 Å². The van der Waals surface area contributed by atoms with Gasteiger partial charge in [0.15, 0.2) is 0 Å². The second kappa shape index (κ2) is 9.15. The standard InChI is InChI=1S/C22H24FN3O4S/c1-12-18-20(24-11-25-21(18)31-19(12)22(27)29-3)26-16-9-4-13(23)10-17(16)30-15-7-5-14(28-2)6-8-15/h4,9-11,14-15H,5-8H2,1-3H3,(H,24,25,26)/t14-,15+. The molecule has 0 radical (unpaired) electrons. The Kier molecular flexibility index (Phi) is 6.33. The second-order valence-electron chi connectivity index (χ2n) is 7.47. The van der Waals surface area contributed by atoms with Crippen molar-refractivity contribution in [2.24, 2.45) is 0 Å². The number of aromatic nitrogens is 2. The Morgan fingerprint density at radius 3 is 2.61 bits per heavy atom. The van der Waals surface area contributed by atoms with Gasteiger partial charge in [0.05, 0.1) is 30.4 Å².